The van der Waals surface area contributed by atoms with E-state index in [1.54, 1.807) is 0 Å². The first-order chi connectivity index (χ1) is 10.9. The van der Waals surface area contributed by atoms with Crippen LogP contribution < -0.4 is 0 Å². The summed E-state index contributed by atoms with van der Waals surface area (Å²) in [7, 11) is 0. The molecule has 0 saturated carbocycles. The Morgan fingerprint density at radius 1 is 1.09 bits per heavy atom. The van der Waals surface area contributed by atoms with Crippen LogP contribution in [0.15, 0.2) is 53.5 Å². The van der Waals surface area contributed by atoms with Crippen LogP contribution in [0.5, 0.6) is 5.75 Å². The second-order valence-electron chi connectivity index (χ2n) is 7.04. The van der Waals surface area contributed by atoms with Gasteiger partial charge in [-0.05, 0) is 23.5 Å². The Kier molecular flexibility index (Phi) is 4.12. The number of aliphatic imine (C=N–C) groups is 1. The number of hydrogen-bond donors (Lipinski definition) is 1. The minimum absolute atomic E-state index is 0.102. The summed E-state index contributed by atoms with van der Waals surface area (Å²) < 4.78 is 5.76. The van der Waals surface area contributed by atoms with E-state index in [1.165, 1.54) is 5.56 Å². The van der Waals surface area contributed by atoms with E-state index in [0.29, 0.717) is 18.1 Å². The maximum Gasteiger partial charge on any atom is 0.220 e. The summed E-state index contributed by atoms with van der Waals surface area (Å²) >= 11 is 0. The molecule has 1 N–H and O–H groups in total. The predicted octanol–water partition coefficient (Wildman–Crippen LogP) is 4.08. The zero-order valence-electron chi connectivity index (χ0n) is 13.9. The molecule has 23 heavy (non-hydrogen) atoms. The molecule has 1 atom stereocenters. The number of nitrogens with zero attached hydrogens (tertiary/aromatic N) is 1. The summed E-state index contributed by atoms with van der Waals surface area (Å²) in [4.78, 5) is 4.67. The van der Waals surface area contributed by atoms with Crippen molar-refractivity contribution in [3.8, 4) is 5.75 Å². The Morgan fingerprint density at radius 3 is 2.52 bits per heavy atom. The van der Waals surface area contributed by atoms with Gasteiger partial charge < -0.3 is 9.84 Å². The number of ether oxygens (including phenoxy) is 1. The number of hydrogen-bond acceptors (Lipinski definition) is 3. The Morgan fingerprint density at radius 2 is 1.83 bits per heavy atom. The molecule has 1 aliphatic heterocycles. The van der Waals surface area contributed by atoms with Gasteiger partial charge in [0.1, 0.15) is 12.4 Å². The van der Waals surface area contributed by atoms with E-state index in [9.17, 15) is 5.11 Å². The van der Waals surface area contributed by atoms with Crippen LogP contribution in [0.25, 0.3) is 0 Å². The molecule has 3 rings (SSSR count). The van der Waals surface area contributed by atoms with Crippen LogP contribution in [0.2, 0.25) is 0 Å². The van der Waals surface area contributed by atoms with Crippen molar-refractivity contribution in [2.24, 2.45) is 4.99 Å². The molecule has 3 heteroatoms. The maximum absolute atomic E-state index is 10.6. The zero-order valence-corrected chi connectivity index (χ0v) is 13.9. The number of phenols is 1. The third-order valence-electron chi connectivity index (χ3n) is 4.10. The van der Waals surface area contributed by atoms with Crippen LogP contribution in [0.1, 0.15) is 37.5 Å². The quantitative estimate of drug-likeness (QED) is 0.928. The number of rotatable bonds is 3. The molecular weight excluding hydrogens is 286 g/mol. The van der Waals surface area contributed by atoms with E-state index in [0.717, 1.165) is 12.0 Å². The molecule has 0 bridgehead atoms. The molecule has 2 aromatic rings. The summed E-state index contributed by atoms with van der Waals surface area (Å²) in [5.41, 5.74) is 2.72. The molecule has 3 nitrogen and oxygen atoms in total. The van der Waals surface area contributed by atoms with E-state index >= 15 is 0 Å². The monoisotopic (exact) mass is 309 g/mol. The summed E-state index contributed by atoms with van der Waals surface area (Å²) in [5, 5.41) is 10.6. The normalized spacial score (nSPS) is 17.7. The largest absolute Gasteiger partial charge is 0.507 e. The van der Waals surface area contributed by atoms with Crippen molar-refractivity contribution in [1.29, 1.82) is 0 Å². The molecule has 2 aromatic carbocycles. The Balaban J connectivity index is 1.84. The lowest BCUT2D eigenvalue weighted by Crippen LogP contribution is -2.13. The van der Waals surface area contributed by atoms with E-state index in [4.69, 9.17) is 4.74 Å². The fourth-order valence-corrected chi connectivity index (χ4v) is 2.87. The average molecular weight is 309 g/mol. The van der Waals surface area contributed by atoms with E-state index in [2.05, 4.69) is 37.9 Å². The third-order valence-corrected chi connectivity index (χ3v) is 4.10. The van der Waals surface area contributed by atoms with Gasteiger partial charge in [-0.3, -0.25) is 0 Å². The van der Waals surface area contributed by atoms with Gasteiger partial charge in [0.15, 0.2) is 0 Å². The highest BCUT2D eigenvalue weighted by atomic mass is 16.5. The number of aromatic hydroxyl groups is 1. The first-order valence-electron chi connectivity index (χ1n) is 8.02. The minimum Gasteiger partial charge on any atom is -0.507 e. The van der Waals surface area contributed by atoms with Gasteiger partial charge in [0.25, 0.3) is 0 Å². The van der Waals surface area contributed by atoms with Gasteiger partial charge >= 0.3 is 0 Å². The standard InChI is InChI=1S/C20H23NO2/c1-20(2,3)17-11-7-10-16(18(17)22)19-21-15(13-23-19)12-14-8-5-4-6-9-14/h4-11,15,22H,12-13H2,1-3H3/t15-/m0/s1. The molecular formula is C20H23NO2. The van der Waals surface area contributed by atoms with Crippen LogP contribution in [0.3, 0.4) is 0 Å². The van der Waals surface area contributed by atoms with Crippen LogP contribution >= 0.6 is 0 Å². The van der Waals surface area contributed by atoms with Crippen molar-refractivity contribution in [3.05, 3.63) is 65.2 Å². The Bertz CT molecular complexity index is 714. The lowest BCUT2D eigenvalue weighted by Gasteiger charge is -2.21. The van der Waals surface area contributed by atoms with Crippen molar-refractivity contribution in [3.63, 3.8) is 0 Å². The number of benzene rings is 2. The van der Waals surface area contributed by atoms with Gasteiger partial charge in [0.2, 0.25) is 5.90 Å². The number of phenolic OH excluding ortho intramolecular Hbond substituents is 1. The highest BCUT2D eigenvalue weighted by Crippen LogP contribution is 2.34. The van der Waals surface area contributed by atoms with Gasteiger partial charge in [0.05, 0.1) is 11.6 Å². The average Bonchev–Trinajstić information content (AvgIpc) is 2.95. The first-order valence-corrected chi connectivity index (χ1v) is 8.02. The van der Waals surface area contributed by atoms with E-state index in [1.807, 2.05) is 36.4 Å². The predicted molar refractivity (Wildman–Crippen MR) is 93.2 cm³/mol. The van der Waals surface area contributed by atoms with Crippen molar-refractivity contribution in [2.75, 3.05) is 6.61 Å². The van der Waals surface area contributed by atoms with Crippen LogP contribution in [0, 0.1) is 0 Å². The molecule has 0 aliphatic carbocycles. The smallest absolute Gasteiger partial charge is 0.220 e. The highest BCUT2D eigenvalue weighted by molar-refractivity contribution is 5.98. The van der Waals surface area contributed by atoms with Gasteiger partial charge in [-0.1, -0.05) is 63.2 Å². The fraction of sp³-hybridized carbons (Fsp3) is 0.350. The summed E-state index contributed by atoms with van der Waals surface area (Å²) in [5.74, 6) is 0.827. The minimum atomic E-state index is -0.122. The van der Waals surface area contributed by atoms with Gasteiger partial charge in [0, 0.05) is 5.56 Å². The molecule has 0 amide bonds. The SMILES string of the molecule is CC(C)(C)c1cccc(C2=N[C@@H](Cc3ccccc3)CO2)c1O. The van der Waals surface area contributed by atoms with Gasteiger partial charge in [-0.15, -0.1) is 0 Å². The van der Waals surface area contributed by atoms with Crippen LogP contribution in [-0.4, -0.2) is 23.7 Å². The van der Waals surface area contributed by atoms with Crippen molar-refractivity contribution < 1.29 is 9.84 Å². The molecule has 0 aromatic heterocycles. The third kappa shape index (κ3) is 3.39. The van der Waals surface area contributed by atoms with Gasteiger partial charge in [-0.25, -0.2) is 4.99 Å². The second kappa shape index (κ2) is 6.07. The Labute approximate surface area is 137 Å². The lowest BCUT2D eigenvalue weighted by molar-refractivity contribution is 0.315. The summed E-state index contributed by atoms with van der Waals surface area (Å²) in [6, 6.07) is 16.2. The molecule has 0 radical (unpaired) electrons. The Hall–Kier alpha value is -2.29. The van der Waals surface area contributed by atoms with Crippen molar-refractivity contribution >= 4 is 5.90 Å². The van der Waals surface area contributed by atoms with Crippen LogP contribution in [0.4, 0.5) is 0 Å². The maximum atomic E-state index is 10.6. The molecule has 1 heterocycles. The molecule has 0 unspecified atom stereocenters. The summed E-state index contributed by atoms with van der Waals surface area (Å²) in [6.07, 6.45) is 0.851. The molecule has 0 saturated heterocycles. The van der Waals surface area contributed by atoms with Gasteiger partial charge in [-0.2, -0.15) is 0 Å². The second-order valence-corrected chi connectivity index (χ2v) is 7.04. The first kappa shape index (κ1) is 15.6. The van der Waals surface area contributed by atoms with Crippen molar-refractivity contribution in [2.45, 2.75) is 38.6 Å². The van der Waals surface area contributed by atoms with Crippen LogP contribution in [-0.2, 0) is 16.6 Å². The lowest BCUT2D eigenvalue weighted by atomic mass is 9.85. The molecule has 120 valence electrons. The fourth-order valence-electron chi connectivity index (χ4n) is 2.87. The molecule has 0 fully saturated rings. The number of para-hydroxylation sites is 1. The van der Waals surface area contributed by atoms with Crippen molar-refractivity contribution in [1.82, 2.24) is 0 Å². The molecule has 1 aliphatic rings. The highest BCUT2D eigenvalue weighted by Gasteiger charge is 2.26. The topological polar surface area (TPSA) is 41.8 Å². The summed E-state index contributed by atoms with van der Waals surface area (Å²) in [6.45, 7) is 6.81. The zero-order chi connectivity index (χ0) is 16.4. The molecule has 0 spiro atoms. The van der Waals surface area contributed by atoms with E-state index in [-0.39, 0.29) is 17.2 Å². The van der Waals surface area contributed by atoms with E-state index < -0.39 is 0 Å².